The minimum absolute atomic E-state index is 0.197. The van der Waals surface area contributed by atoms with Crippen molar-refractivity contribution >= 4 is 5.91 Å². The second-order valence-corrected chi connectivity index (χ2v) is 4.81. The van der Waals surface area contributed by atoms with Crippen molar-refractivity contribution in [2.45, 2.75) is 39.8 Å². The monoisotopic (exact) mass is 280 g/mol. The fourth-order valence-corrected chi connectivity index (χ4v) is 1.63. The molecule has 1 aromatic rings. The van der Waals surface area contributed by atoms with E-state index in [4.69, 9.17) is 15.2 Å². The molecular weight excluding hydrogens is 256 g/mol. The van der Waals surface area contributed by atoms with Crippen LogP contribution in [0.3, 0.4) is 0 Å². The first-order chi connectivity index (χ1) is 9.52. The van der Waals surface area contributed by atoms with Gasteiger partial charge in [-0.2, -0.15) is 0 Å². The summed E-state index contributed by atoms with van der Waals surface area (Å²) in [4.78, 5) is 10.7. The molecule has 112 valence electrons. The van der Waals surface area contributed by atoms with Crippen LogP contribution in [0.4, 0.5) is 0 Å². The average molecular weight is 280 g/mol. The lowest BCUT2D eigenvalue weighted by Crippen LogP contribution is -2.21. The Balaban J connectivity index is 2.70. The second-order valence-electron chi connectivity index (χ2n) is 4.81. The second kappa shape index (κ2) is 8.43. The molecule has 0 aliphatic heterocycles. The molecule has 5 heteroatoms. The van der Waals surface area contributed by atoms with E-state index in [1.807, 2.05) is 25.1 Å². The van der Waals surface area contributed by atoms with Crippen LogP contribution in [0.5, 0.6) is 11.5 Å². The van der Waals surface area contributed by atoms with Crippen molar-refractivity contribution in [1.29, 1.82) is 0 Å². The van der Waals surface area contributed by atoms with E-state index in [1.54, 1.807) is 0 Å². The third-order valence-electron chi connectivity index (χ3n) is 2.63. The van der Waals surface area contributed by atoms with E-state index < -0.39 is 0 Å². The summed E-state index contributed by atoms with van der Waals surface area (Å²) in [5.41, 5.74) is 6.22. The van der Waals surface area contributed by atoms with Gasteiger partial charge in [-0.15, -0.1) is 0 Å². The van der Waals surface area contributed by atoms with Crippen molar-refractivity contribution in [3.05, 3.63) is 23.8 Å². The standard InChI is InChI=1S/C15H24N2O3/c1-4-19-14-9-12(10-17-11(2)3)5-6-13(14)20-8-7-15(16)18/h5-6,9,11,17H,4,7-8,10H2,1-3H3,(H2,16,18). The van der Waals surface area contributed by atoms with Gasteiger partial charge >= 0.3 is 0 Å². The maximum absolute atomic E-state index is 10.7. The van der Waals surface area contributed by atoms with Gasteiger partial charge in [0.25, 0.3) is 0 Å². The van der Waals surface area contributed by atoms with Crippen LogP contribution < -0.4 is 20.5 Å². The minimum Gasteiger partial charge on any atom is -0.490 e. The molecule has 0 unspecified atom stereocenters. The number of primary amides is 1. The molecule has 0 aliphatic carbocycles. The quantitative estimate of drug-likeness (QED) is 0.724. The van der Waals surface area contributed by atoms with Gasteiger partial charge < -0.3 is 20.5 Å². The SMILES string of the molecule is CCOc1cc(CNC(C)C)ccc1OCCC(N)=O. The Hall–Kier alpha value is -1.75. The lowest BCUT2D eigenvalue weighted by atomic mass is 10.2. The summed E-state index contributed by atoms with van der Waals surface area (Å²) < 4.78 is 11.1. The molecule has 0 radical (unpaired) electrons. The van der Waals surface area contributed by atoms with Crippen LogP contribution in [0.2, 0.25) is 0 Å². The number of carbonyl (C=O) groups is 1. The number of hydrogen-bond acceptors (Lipinski definition) is 4. The maximum atomic E-state index is 10.7. The molecule has 1 amide bonds. The van der Waals surface area contributed by atoms with E-state index in [0.29, 0.717) is 24.1 Å². The van der Waals surface area contributed by atoms with Crippen molar-refractivity contribution in [3.8, 4) is 11.5 Å². The third kappa shape index (κ3) is 5.93. The van der Waals surface area contributed by atoms with Crippen LogP contribution in [-0.2, 0) is 11.3 Å². The molecule has 0 saturated heterocycles. The molecule has 0 bridgehead atoms. The summed E-state index contributed by atoms with van der Waals surface area (Å²) in [6.07, 6.45) is 0.197. The van der Waals surface area contributed by atoms with E-state index in [2.05, 4.69) is 19.2 Å². The van der Waals surface area contributed by atoms with E-state index in [1.165, 1.54) is 0 Å². The fourth-order valence-electron chi connectivity index (χ4n) is 1.63. The van der Waals surface area contributed by atoms with Gasteiger partial charge in [0.2, 0.25) is 5.91 Å². The van der Waals surface area contributed by atoms with Gasteiger partial charge in [0.05, 0.1) is 19.6 Å². The molecule has 0 heterocycles. The molecule has 1 aromatic carbocycles. The zero-order chi connectivity index (χ0) is 15.0. The highest BCUT2D eigenvalue weighted by atomic mass is 16.5. The van der Waals surface area contributed by atoms with Crippen LogP contribution in [0.25, 0.3) is 0 Å². The summed E-state index contributed by atoms with van der Waals surface area (Å²) in [5, 5.41) is 3.35. The Bertz CT molecular complexity index is 433. The van der Waals surface area contributed by atoms with Crippen LogP contribution in [0, 0.1) is 0 Å². The molecule has 0 aliphatic rings. The molecule has 0 aromatic heterocycles. The van der Waals surface area contributed by atoms with Crippen molar-refractivity contribution in [2.75, 3.05) is 13.2 Å². The topological polar surface area (TPSA) is 73.6 Å². The van der Waals surface area contributed by atoms with E-state index in [9.17, 15) is 4.79 Å². The average Bonchev–Trinajstić information content (AvgIpc) is 2.38. The van der Waals surface area contributed by atoms with Crippen LogP contribution in [-0.4, -0.2) is 25.2 Å². The number of amides is 1. The molecule has 5 nitrogen and oxygen atoms in total. The van der Waals surface area contributed by atoms with E-state index in [-0.39, 0.29) is 18.9 Å². The summed E-state index contributed by atoms with van der Waals surface area (Å²) in [5.74, 6) is 0.960. The number of ether oxygens (including phenoxy) is 2. The molecular formula is C15H24N2O3. The van der Waals surface area contributed by atoms with Gasteiger partial charge in [-0.25, -0.2) is 0 Å². The van der Waals surface area contributed by atoms with Crippen LogP contribution in [0.1, 0.15) is 32.8 Å². The van der Waals surface area contributed by atoms with Crippen molar-refractivity contribution < 1.29 is 14.3 Å². The fraction of sp³-hybridized carbons (Fsp3) is 0.533. The Morgan fingerprint density at radius 3 is 2.65 bits per heavy atom. The Kier molecular flexibility index (Phi) is 6.87. The number of hydrogen-bond donors (Lipinski definition) is 2. The van der Waals surface area contributed by atoms with Crippen molar-refractivity contribution in [1.82, 2.24) is 5.32 Å². The number of nitrogens with one attached hydrogen (secondary N) is 1. The summed E-state index contributed by atoms with van der Waals surface area (Å²) in [6, 6.07) is 6.23. The van der Waals surface area contributed by atoms with Crippen molar-refractivity contribution in [3.63, 3.8) is 0 Å². The Labute approximate surface area is 120 Å². The van der Waals surface area contributed by atoms with Gasteiger partial charge in [-0.05, 0) is 24.6 Å². The predicted octanol–water partition coefficient (Wildman–Crippen LogP) is 1.84. The molecule has 3 N–H and O–H groups in total. The van der Waals surface area contributed by atoms with Gasteiger partial charge in [0.1, 0.15) is 0 Å². The third-order valence-corrected chi connectivity index (χ3v) is 2.63. The van der Waals surface area contributed by atoms with Gasteiger partial charge in [0, 0.05) is 12.6 Å². The van der Waals surface area contributed by atoms with Crippen LogP contribution >= 0.6 is 0 Å². The van der Waals surface area contributed by atoms with E-state index >= 15 is 0 Å². The van der Waals surface area contributed by atoms with E-state index in [0.717, 1.165) is 12.1 Å². The number of nitrogens with two attached hydrogens (primary N) is 1. The maximum Gasteiger partial charge on any atom is 0.220 e. The van der Waals surface area contributed by atoms with Gasteiger partial charge in [-0.3, -0.25) is 4.79 Å². The van der Waals surface area contributed by atoms with Gasteiger partial charge in [-0.1, -0.05) is 19.9 Å². The number of benzene rings is 1. The first kappa shape index (κ1) is 16.3. The first-order valence-electron chi connectivity index (χ1n) is 6.93. The molecule has 1 rings (SSSR count). The minimum atomic E-state index is -0.374. The van der Waals surface area contributed by atoms with Crippen molar-refractivity contribution in [2.24, 2.45) is 5.73 Å². The number of carbonyl (C=O) groups excluding carboxylic acids is 1. The first-order valence-corrected chi connectivity index (χ1v) is 6.93. The number of rotatable bonds is 9. The summed E-state index contributed by atoms with van der Waals surface area (Å²) in [7, 11) is 0. The molecule has 0 atom stereocenters. The smallest absolute Gasteiger partial charge is 0.220 e. The van der Waals surface area contributed by atoms with Crippen LogP contribution in [0.15, 0.2) is 18.2 Å². The Morgan fingerprint density at radius 1 is 1.30 bits per heavy atom. The highest BCUT2D eigenvalue weighted by Crippen LogP contribution is 2.28. The van der Waals surface area contributed by atoms with Gasteiger partial charge in [0.15, 0.2) is 11.5 Å². The highest BCUT2D eigenvalue weighted by Gasteiger charge is 2.07. The summed E-state index contributed by atoms with van der Waals surface area (Å²) >= 11 is 0. The summed E-state index contributed by atoms with van der Waals surface area (Å²) in [6.45, 7) is 7.73. The molecule has 0 fully saturated rings. The highest BCUT2D eigenvalue weighted by molar-refractivity contribution is 5.73. The zero-order valence-electron chi connectivity index (χ0n) is 12.4. The Morgan fingerprint density at radius 2 is 2.05 bits per heavy atom. The lowest BCUT2D eigenvalue weighted by Gasteiger charge is -2.14. The molecule has 0 spiro atoms. The predicted molar refractivity (Wildman–Crippen MR) is 78.9 cm³/mol. The molecule has 20 heavy (non-hydrogen) atoms. The normalized spacial score (nSPS) is 10.6. The largest absolute Gasteiger partial charge is 0.490 e. The lowest BCUT2D eigenvalue weighted by molar-refractivity contribution is -0.118. The molecule has 0 saturated carbocycles. The zero-order valence-corrected chi connectivity index (χ0v) is 12.4.